The molecule has 0 heterocycles. The molecule has 0 saturated carbocycles. The Morgan fingerprint density at radius 3 is 2.43 bits per heavy atom. The summed E-state index contributed by atoms with van der Waals surface area (Å²) >= 11 is 3.50. The van der Waals surface area contributed by atoms with Crippen LogP contribution in [-0.2, 0) is 22.6 Å². The number of nitrogens with one attached hydrogen (secondary N) is 1. The van der Waals surface area contributed by atoms with Crippen molar-refractivity contribution in [2.45, 2.75) is 59.7 Å². The predicted octanol–water partition coefficient (Wildman–Crippen LogP) is 4.64. The van der Waals surface area contributed by atoms with Crippen LogP contribution in [0.15, 0.2) is 46.9 Å². The first-order valence-electron chi connectivity index (χ1n) is 10.3. The Morgan fingerprint density at radius 1 is 1.13 bits per heavy atom. The molecule has 5 nitrogen and oxygen atoms in total. The summed E-state index contributed by atoms with van der Waals surface area (Å²) in [7, 11) is 0. The molecule has 6 heteroatoms. The monoisotopic (exact) mass is 474 g/mol. The van der Waals surface area contributed by atoms with Gasteiger partial charge in [0.15, 0.2) is 6.61 Å². The third-order valence-corrected chi connectivity index (χ3v) is 5.58. The fourth-order valence-electron chi connectivity index (χ4n) is 3.06. The number of carbonyl (C=O) groups excluding carboxylic acids is 2. The van der Waals surface area contributed by atoms with Crippen molar-refractivity contribution >= 4 is 27.7 Å². The molecule has 1 unspecified atom stereocenters. The quantitative estimate of drug-likeness (QED) is 0.575. The van der Waals surface area contributed by atoms with Gasteiger partial charge in [-0.1, -0.05) is 37.3 Å². The van der Waals surface area contributed by atoms with Crippen LogP contribution in [-0.4, -0.2) is 35.4 Å². The van der Waals surface area contributed by atoms with Crippen molar-refractivity contribution in [3.05, 3.63) is 63.6 Å². The molecule has 1 N–H and O–H groups in total. The number of hydrogen-bond acceptors (Lipinski definition) is 3. The standard InChI is InChI=1S/C24H31BrN2O3/c1-6-19-11-12-22(21(25)13-19)30-15-23(28)27(18(5)24(29)26-16(2)3)14-20-10-8-7-9-17(20)4/h7-13,16,18H,6,14-15H2,1-5H3,(H,26,29). The smallest absolute Gasteiger partial charge is 0.261 e. The van der Waals surface area contributed by atoms with E-state index in [-0.39, 0.29) is 24.5 Å². The van der Waals surface area contributed by atoms with Gasteiger partial charge >= 0.3 is 0 Å². The molecule has 162 valence electrons. The fourth-order valence-corrected chi connectivity index (χ4v) is 3.60. The summed E-state index contributed by atoms with van der Waals surface area (Å²) in [6, 6.07) is 13.1. The van der Waals surface area contributed by atoms with E-state index in [2.05, 4.69) is 28.2 Å². The van der Waals surface area contributed by atoms with Gasteiger partial charge in [0.05, 0.1) is 4.47 Å². The molecule has 0 aliphatic rings. The summed E-state index contributed by atoms with van der Waals surface area (Å²) in [5, 5.41) is 2.89. The van der Waals surface area contributed by atoms with Crippen LogP contribution in [0.4, 0.5) is 0 Å². The van der Waals surface area contributed by atoms with E-state index in [9.17, 15) is 9.59 Å². The molecule has 2 aromatic rings. The number of rotatable bonds is 9. The number of amides is 2. The Bertz CT molecular complexity index is 883. The molecule has 0 aromatic heterocycles. The molecule has 1 atom stereocenters. The Hall–Kier alpha value is -2.34. The van der Waals surface area contributed by atoms with Gasteiger partial charge in [0.25, 0.3) is 5.91 Å². The van der Waals surface area contributed by atoms with Crippen molar-refractivity contribution in [1.82, 2.24) is 10.2 Å². The molecule has 0 spiro atoms. The largest absolute Gasteiger partial charge is 0.483 e. The van der Waals surface area contributed by atoms with Gasteiger partial charge in [-0.3, -0.25) is 9.59 Å². The Labute approximate surface area is 187 Å². The minimum absolute atomic E-state index is 0.000325. The zero-order chi connectivity index (χ0) is 22.3. The van der Waals surface area contributed by atoms with Crippen LogP contribution in [0, 0.1) is 6.92 Å². The molecule has 0 radical (unpaired) electrons. The van der Waals surface area contributed by atoms with E-state index < -0.39 is 6.04 Å². The van der Waals surface area contributed by atoms with E-state index in [0.29, 0.717) is 12.3 Å². The van der Waals surface area contributed by atoms with Gasteiger partial charge in [0.1, 0.15) is 11.8 Å². The average Bonchev–Trinajstić information content (AvgIpc) is 2.71. The minimum atomic E-state index is -0.617. The molecular weight excluding hydrogens is 444 g/mol. The van der Waals surface area contributed by atoms with E-state index in [1.807, 2.05) is 63.2 Å². The minimum Gasteiger partial charge on any atom is -0.483 e. The van der Waals surface area contributed by atoms with Crippen LogP contribution >= 0.6 is 15.9 Å². The van der Waals surface area contributed by atoms with Crippen LogP contribution in [0.2, 0.25) is 0 Å². The molecule has 2 amide bonds. The van der Waals surface area contributed by atoms with Gasteiger partial charge in [-0.25, -0.2) is 0 Å². The predicted molar refractivity (Wildman–Crippen MR) is 123 cm³/mol. The SMILES string of the molecule is CCc1ccc(OCC(=O)N(Cc2ccccc2C)C(C)C(=O)NC(C)C)c(Br)c1. The Balaban J connectivity index is 2.18. The summed E-state index contributed by atoms with van der Waals surface area (Å²) in [4.78, 5) is 27.3. The highest BCUT2D eigenvalue weighted by Crippen LogP contribution is 2.26. The fraction of sp³-hybridized carbons (Fsp3) is 0.417. The van der Waals surface area contributed by atoms with E-state index in [4.69, 9.17) is 4.74 Å². The van der Waals surface area contributed by atoms with E-state index >= 15 is 0 Å². The third-order valence-electron chi connectivity index (χ3n) is 4.96. The summed E-state index contributed by atoms with van der Waals surface area (Å²) in [5.41, 5.74) is 3.26. The highest BCUT2D eigenvalue weighted by Gasteiger charge is 2.27. The zero-order valence-corrected chi connectivity index (χ0v) is 20.0. The van der Waals surface area contributed by atoms with Crippen molar-refractivity contribution in [2.75, 3.05) is 6.61 Å². The van der Waals surface area contributed by atoms with Crippen molar-refractivity contribution < 1.29 is 14.3 Å². The zero-order valence-electron chi connectivity index (χ0n) is 18.4. The molecule has 2 rings (SSSR count). The first-order chi connectivity index (χ1) is 14.2. The first kappa shape index (κ1) is 23.9. The van der Waals surface area contributed by atoms with Crippen LogP contribution < -0.4 is 10.1 Å². The van der Waals surface area contributed by atoms with Gasteiger partial charge in [-0.15, -0.1) is 0 Å². The molecule has 0 aliphatic heterocycles. The van der Waals surface area contributed by atoms with Crippen molar-refractivity contribution in [2.24, 2.45) is 0 Å². The molecule has 2 aromatic carbocycles. The topological polar surface area (TPSA) is 58.6 Å². The second kappa shape index (κ2) is 11.2. The maximum atomic E-state index is 13.1. The number of ether oxygens (including phenoxy) is 1. The van der Waals surface area contributed by atoms with Gasteiger partial charge in [0, 0.05) is 12.6 Å². The lowest BCUT2D eigenvalue weighted by Crippen LogP contribution is -2.50. The second-order valence-corrected chi connectivity index (χ2v) is 8.55. The maximum absolute atomic E-state index is 13.1. The number of carbonyl (C=O) groups is 2. The van der Waals surface area contributed by atoms with Crippen LogP contribution in [0.3, 0.4) is 0 Å². The second-order valence-electron chi connectivity index (χ2n) is 7.69. The van der Waals surface area contributed by atoms with E-state index in [0.717, 1.165) is 22.0 Å². The first-order valence-corrected chi connectivity index (χ1v) is 11.1. The molecule has 0 aliphatic carbocycles. The van der Waals surface area contributed by atoms with Crippen molar-refractivity contribution in [3.8, 4) is 5.75 Å². The van der Waals surface area contributed by atoms with Gasteiger partial charge in [-0.2, -0.15) is 0 Å². The molecule has 0 saturated heterocycles. The lowest BCUT2D eigenvalue weighted by Gasteiger charge is -2.30. The van der Waals surface area contributed by atoms with Gasteiger partial charge in [0.2, 0.25) is 5.91 Å². The highest BCUT2D eigenvalue weighted by atomic mass is 79.9. The maximum Gasteiger partial charge on any atom is 0.261 e. The number of halogens is 1. The lowest BCUT2D eigenvalue weighted by molar-refractivity contribution is -0.142. The summed E-state index contributed by atoms with van der Waals surface area (Å²) in [6.45, 7) is 9.84. The molecule has 0 fully saturated rings. The van der Waals surface area contributed by atoms with Crippen molar-refractivity contribution in [3.63, 3.8) is 0 Å². The number of hydrogen-bond donors (Lipinski definition) is 1. The summed E-state index contributed by atoms with van der Waals surface area (Å²) in [5.74, 6) is 0.187. The summed E-state index contributed by atoms with van der Waals surface area (Å²) in [6.07, 6.45) is 0.921. The number of aryl methyl sites for hydroxylation is 2. The van der Waals surface area contributed by atoms with Crippen molar-refractivity contribution in [1.29, 1.82) is 0 Å². The van der Waals surface area contributed by atoms with Crippen LogP contribution in [0.5, 0.6) is 5.75 Å². The Morgan fingerprint density at radius 2 is 1.83 bits per heavy atom. The lowest BCUT2D eigenvalue weighted by atomic mass is 10.1. The third kappa shape index (κ3) is 6.59. The highest BCUT2D eigenvalue weighted by molar-refractivity contribution is 9.10. The van der Waals surface area contributed by atoms with Crippen LogP contribution in [0.25, 0.3) is 0 Å². The van der Waals surface area contributed by atoms with Gasteiger partial charge < -0.3 is 15.0 Å². The normalized spacial score (nSPS) is 11.8. The number of nitrogens with zero attached hydrogens (tertiary/aromatic N) is 1. The molecular formula is C24H31BrN2O3. The summed E-state index contributed by atoms with van der Waals surface area (Å²) < 4.78 is 6.60. The molecule has 30 heavy (non-hydrogen) atoms. The Kier molecular flexibility index (Phi) is 8.90. The van der Waals surface area contributed by atoms with Crippen LogP contribution in [0.1, 0.15) is 44.4 Å². The number of benzene rings is 2. The van der Waals surface area contributed by atoms with E-state index in [1.54, 1.807) is 11.8 Å². The van der Waals surface area contributed by atoms with E-state index in [1.165, 1.54) is 5.56 Å². The average molecular weight is 475 g/mol. The molecule has 0 bridgehead atoms. The van der Waals surface area contributed by atoms with Gasteiger partial charge in [-0.05, 0) is 78.9 Å².